The molecule has 0 saturated heterocycles. The number of carboxylic acids is 1. The SMILES string of the molecule is CC(C)(Cc1cccc(C(=O)O)c1)NC[C@H](O[Si](C)(C)C(C)(C)C)c1ccc(O)c(NC=O)c1. The highest BCUT2D eigenvalue weighted by molar-refractivity contribution is 6.74. The van der Waals surface area contributed by atoms with Crippen molar-refractivity contribution in [3.8, 4) is 5.75 Å². The van der Waals surface area contributed by atoms with Gasteiger partial charge in [0.25, 0.3) is 0 Å². The third kappa shape index (κ3) is 7.41. The fourth-order valence-electron chi connectivity index (χ4n) is 3.45. The molecule has 0 bridgehead atoms. The second-order valence-corrected chi connectivity index (χ2v) is 15.6. The summed E-state index contributed by atoms with van der Waals surface area (Å²) in [5.74, 6) is -0.948. The fourth-order valence-corrected chi connectivity index (χ4v) is 4.73. The fraction of sp³-hybridized carbons (Fsp3) is 0.462. The molecule has 7 nitrogen and oxygen atoms in total. The number of benzene rings is 2. The third-order valence-corrected chi connectivity index (χ3v) is 10.9. The molecular formula is C26H38N2O5Si. The van der Waals surface area contributed by atoms with Crippen LogP contribution in [-0.2, 0) is 15.6 Å². The second-order valence-electron chi connectivity index (χ2n) is 10.9. The summed E-state index contributed by atoms with van der Waals surface area (Å²) in [6, 6.07) is 12.1. The third-order valence-electron chi connectivity index (χ3n) is 6.44. The summed E-state index contributed by atoms with van der Waals surface area (Å²) in [7, 11) is -2.15. The van der Waals surface area contributed by atoms with E-state index in [9.17, 15) is 19.8 Å². The quantitative estimate of drug-likeness (QED) is 0.194. The number of rotatable bonds is 11. The first-order chi connectivity index (χ1) is 15.6. The van der Waals surface area contributed by atoms with Crippen molar-refractivity contribution in [2.45, 2.75) is 70.8 Å². The number of nitrogens with one attached hydrogen (secondary N) is 2. The lowest BCUT2D eigenvalue weighted by Gasteiger charge is -2.40. The van der Waals surface area contributed by atoms with Crippen LogP contribution in [0.25, 0.3) is 0 Å². The molecule has 0 spiro atoms. The van der Waals surface area contributed by atoms with Gasteiger partial charge >= 0.3 is 5.97 Å². The number of carbonyl (C=O) groups excluding carboxylic acids is 1. The van der Waals surface area contributed by atoms with Gasteiger partial charge in [0.1, 0.15) is 5.75 Å². The first-order valence-corrected chi connectivity index (χ1v) is 14.3. The van der Waals surface area contributed by atoms with E-state index in [1.165, 1.54) is 0 Å². The van der Waals surface area contributed by atoms with Crippen LogP contribution in [0.2, 0.25) is 18.1 Å². The zero-order valence-electron chi connectivity index (χ0n) is 21.2. The van der Waals surface area contributed by atoms with Crippen molar-refractivity contribution in [2.24, 2.45) is 0 Å². The van der Waals surface area contributed by atoms with Gasteiger partial charge in [0, 0.05) is 12.1 Å². The lowest BCUT2D eigenvalue weighted by Crippen LogP contribution is -2.47. The van der Waals surface area contributed by atoms with Gasteiger partial charge in [0.2, 0.25) is 6.41 Å². The molecule has 186 valence electrons. The molecule has 1 amide bonds. The lowest BCUT2D eigenvalue weighted by atomic mass is 9.93. The van der Waals surface area contributed by atoms with Crippen LogP contribution in [0, 0.1) is 0 Å². The van der Waals surface area contributed by atoms with Crippen molar-refractivity contribution in [3.05, 3.63) is 59.2 Å². The van der Waals surface area contributed by atoms with E-state index < -0.39 is 14.3 Å². The van der Waals surface area contributed by atoms with Crippen LogP contribution < -0.4 is 10.6 Å². The Labute approximate surface area is 203 Å². The number of phenols is 1. The predicted molar refractivity (Wildman–Crippen MR) is 138 cm³/mol. The van der Waals surface area contributed by atoms with Gasteiger partial charge in [0.05, 0.1) is 17.4 Å². The lowest BCUT2D eigenvalue weighted by molar-refractivity contribution is -0.105. The summed E-state index contributed by atoms with van der Waals surface area (Å²) in [6.07, 6.45) is 0.863. The van der Waals surface area contributed by atoms with Crippen molar-refractivity contribution in [1.29, 1.82) is 0 Å². The van der Waals surface area contributed by atoms with Crippen LogP contribution in [0.1, 0.15) is 62.2 Å². The van der Waals surface area contributed by atoms with Crippen molar-refractivity contribution < 1.29 is 24.2 Å². The molecule has 0 aliphatic rings. The Bertz CT molecular complexity index is 1010. The maximum atomic E-state index is 11.3. The zero-order chi connectivity index (χ0) is 25.7. The number of carbonyl (C=O) groups is 2. The molecule has 2 rings (SSSR count). The highest BCUT2D eigenvalue weighted by Gasteiger charge is 2.39. The number of hydrogen-bond donors (Lipinski definition) is 4. The summed E-state index contributed by atoms with van der Waals surface area (Å²) < 4.78 is 6.76. The number of phenolic OH excluding ortho intramolecular Hbond substituents is 1. The number of carboxylic acid groups (broad SMARTS) is 1. The van der Waals surface area contributed by atoms with Crippen molar-refractivity contribution in [1.82, 2.24) is 5.32 Å². The number of hydrogen-bond acceptors (Lipinski definition) is 5. The summed E-state index contributed by atoms with van der Waals surface area (Å²) in [6.45, 7) is 15.6. The Morgan fingerprint density at radius 3 is 2.38 bits per heavy atom. The van der Waals surface area contributed by atoms with Gasteiger partial charge < -0.3 is 25.3 Å². The number of amides is 1. The van der Waals surface area contributed by atoms with Gasteiger partial charge in [-0.1, -0.05) is 39.0 Å². The molecule has 34 heavy (non-hydrogen) atoms. The molecule has 0 aromatic heterocycles. The molecule has 1 atom stereocenters. The van der Waals surface area contributed by atoms with Crippen LogP contribution >= 0.6 is 0 Å². The van der Waals surface area contributed by atoms with Gasteiger partial charge in [-0.2, -0.15) is 0 Å². The molecule has 0 unspecified atom stereocenters. The molecule has 0 heterocycles. The Balaban J connectivity index is 2.29. The number of aromatic hydroxyl groups is 1. The number of anilines is 1. The molecule has 0 radical (unpaired) electrons. The predicted octanol–water partition coefficient (Wildman–Crippen LogP) is 5.33. The van der Waals surface area contributed by atoms with E-state index in [2.05, 4.69) is 58.3 Å². The monoisotopic (exact) mass is 486 g/mol. The molecule has 8 heteroatoms. The van der Waals surface area contributed by atoms with Crippen molar-refractivity contribution in [3.63, 3.8) is 0 Å². The van der Waals surface area contributed by atoms with Crippen molar-refractivity contribution >= 4 is 26.4 Å². The first-order valence-electron chi connectivity index (χ1n) is 11.4. The van der Waals surface area contributed by atoms with Crippen molar-refractivity contribution in [2.75, 3.05) is 11.9 Å². The van der Waals surface area contributed by atoms with E-state index >= 15 is 0 Å². The summed E-state index contributed by atoms with van der Waals surface area (Å²) in [5.41, 5.74) is 2.05. The summed E-state index contributed by atoms with van der Waals surface area (Å²) in [4.78, 5) is 22.3. The zero-order valence-corrected chi connectivity index (χ0v) is 22.2. The first kappa shape index (κ1) is 27.6. The summed E-state index contributed by atoms with van der Waals surface area (Å²) >= 11 is 0. The molecule has 2 aromatic carbocycles. The minimum Gasteiger partial charge on any atom is -0.506 e. The van der Waals surface area contributed by atoms with Gasteiger partial charge in [-0.3, -0.25) is 4.79 Å². The minimum atomic E-state index is -2.15. The molecular weight excluding hydrogens is 448 g/mol. The van der Waals surface area contributed by atoms with E-state index in [-0.39, 0.29) is 28.0 Å². The van der Waals surface area contributed by atoms with E-state index in [0.29, 0.717) is 25.1 Å². The molecule has 0 fully saturated rings. The van der Waals surface area contributed by atoms with Gasteiger partial charge in [-0.15, -0.1) is 0 Å². The average Bonchev–Trinajstić information content (AvgIpc) is 2.72. The summed E-state index contributed by atoms with van der Waals surface area (Å²) in [5, 5.41) is 25.5. The largest absolute Gasteiger partial charge is 0.506 e. The van der Waals surface area contributed by atoms with E-state index in [1.54, 1.807) is 30.3 Å². The smallest absolute Gasteiger partial charge is 0.335 e. The normalized spacial score (nSPS) is 13.4. The van der Waals surface area contributed by atoms with E-state index in [0.717, 1.165) is 11.1 Å². The Kier molecular flexibility index (Phi) is 8.68. The van der Waals surface area contributed by atoms with E-state index in [4.69, 9.17) is 4.43 Å². The molecule has 0 aliphatic carbocycles. The number of aromatic carboxylic acids is 1. The molecule has 4 N–H and O–H groups in total. The van der Waals surface area contributed by atoms with Crippen LogP contribution in [-0.4, -0.2) is 43.0 Å². The molecule has 2 aromatic rings. The average molecular weight is 487 g/mol. The van der Waals surface area contributed by atoms with Gasteiger partial charge in [0.15, 0.2) is 8.32 Å². The topological polar surface area (TPSA) is 108 Å². The Hall–Kier alpha value is -2.68. The maximum absolute atomic E-state index is 11.3. The van der Waals surface area contributed by atoms with Crippen LogP contribution in [0.3, 0.4) is 0 Å². The second kappa shape index (κ2) is 10.7. The van der Waals surface area contributed by atoms with Crippen LogP contribution in [0.5, 0.6) is 5.75 Å². The molecule has 0 saturated carbocycles. The van der Waals surface area contributed by atoms with E-state index in [1.807, 2.05) is 12.1 Å². The standard InChI is InChI=1S/C26H38N2O5Si/c1-25(2,3)34(6,7)33-23(19-11-12-22(30)21(14-19)27-17-29)16-28-26(4,5)15-18-9-8-10-20(13-18)24(31)32/h8-14,17,23,28,30H,15-16H2,1-7H3,(H,27,29)(H,31,32)/t23-/m0/s1. The maximum Gasteiger partial charge on any atom is 0.335 e. The molecule has 0 aliphatic heterocycles. The van der Waals surface area contributed by atoms with Crippen LogP contribution in [0.4, 0.5) is 5.69 Å². The van der Waals surface area contributed by atoms with Gasteiger partial charge in [-0.05, 0) is 73.8 Å². The van der Waals surface area contributed by atoms with Gasteiger partial charge in [-0.25, -0.2) is 4.79 Å². The van der Waals surface area contributed by atoms with Crippen LogP contribution in [0.15, 0.2) is 42.5 Å². The minimum absolute atomic E-state index is 0.00116. The highest BCUT2D eigenvalue weighted by atomic mass is 28.4. The Morgan fingerprint density at radius 1 is 1.12 bits per heavy atom. The Morgan fingerprint density at radius 2 is 1.79 bits per heavy atom. The highest BCUT2D eigenvalue weighted by Crippen LogP contribution is 2.40.